The van der Waals surface area contributed by atoms with Crippen molar-refractivity contribution in [3.63, 3.8) is 0 Å². The van der Waals surface area contributed by atoms with Crippen LogP contribution in [0, 0.1) is 0 Å². The summed E-state index contributed by atoms with van der Waals surface area (Å²) >= 11 is 0. The molecule has 0 aliphatic heterocycles. The number of carbonyl (C=O) groups is 1. The summed E-state index contributed by atoms with van der Waals surface area (Å²) in [6.45, 7) is 0.340. The summed E-state index contributed by atoms with van der Waals surface area (Å²) in [7, 11) is 0. The topological polar surface area (TPSA) is 64.0 Å². The van der Waals surface area contributed by atoms with Gasteiger partial charge in [-0.3, -0.25) is 9.59 Å². The number of carbonyl (C=O) groups excluding carboxylic acids is 1. The number of aromatic nitrogens is 2. The number of hydrogen-bond donors (Lipinski definition) is 1. The van der Waals surface area contributed by atoms with Crippen LogP contribution in [-0.2, 0) is 13.0 Å². The van der Waals surface area contributed by atoms with E-state index < -0.39 is 0 Å². The zero-order valence-corrected chi connectivity index (χ0v) is 15.0. The normalized spacial score (nSPS) is 15.8. The monoisotopic (exact) mass is 359 g/mol. The molecule has 0 unspecified atom stereocenters. The Morgan fingerprint density at radius 2 is 1.81 bits per heavy atom. The highest BCUT2D eigenvalue weighted by Crippen LogP contribution is 2.29. The van der Waals surface area contributed by atoms with E-state index in [0.717, 1.165) is 24.8 Å². The number of hydrogen-bond acceptors (Lipinski definition) is 3. The van der Waals surface area contributed by atoms with Crippen LogP contribution in [0.25, 0.3) is 0 Å². The lowest BCUT2D eigenvalue weighted by molar-refractivity contribution is 0.0925. The first-order valence-electron chi connectivity index (χ1n) is 9.21. The number of fused-ring (bicyclic) bond motifs is 1. The molecule has 5 heteroatoms. The molecule has 2 aromatic carbocycles. The van der Waals surface area contributed by atoms with Gasteiger partial charge in [-0.05, 0) is 42.0 Å². The van der Waals surface area contributed by atoms with Crippen molar-refractivity contribution in [3.05, 3.63) is 99.5 Å². The number of rotatable bonds is 4. The van der Waals surface area contributed by atoms with Gasteiger partial charge in [-0.1, -0.05) is 54.6 Å². The minimum atomic E-state index is -0.251. The van der Waals surface area contributed by atoms with E-state index in [1.54, 1.807) is 0 Å². The predicted molar refractivity (Wildman–Crippen MR) is 104 cm³/mol. The van der Waals surface area contributed by atoms with Crippen molar-refractivity contribution in [2.45, 2.75) is 31.8 Å². The van der Waals surface area contributed by atoms with Gasteiger partial charge in [0.1, 0.15) is 5.69 Å². The molecule has 0 spiro atoms. The quantitative estimate of drug-likeness (QED) is 0.778. The fourth-order valence-electron chi connectivity index (χ4n) is 3.58. The second-order valence-corrected chi connectivity index (χ2v) is 6.82. The molecule has 1 amide bonds. The van der Waals surface area contributed by atoms with Crippen LogP contribution < -0.4 is 10.9 Å². The van der Waals surface area contributed by atoms with Crippen molar-refractivity contribution >= 4 is 5.91 Å². The van der Waals surface area contributed by atoms with E-state index in [1.165, 1.54) is 27.9 Å². The molecule has 0 bridgehead atoms. The fourth-order valence-corrected chi connectivity index (χ4v) is 3.58. The molecule has 0 saturated carbocycles. The molecule has 1 heterocycles. The van der Waals surface area contributed by atoms with Crippen LogP contribution in [0.2, 0.25) is 0 Å². The Kier molecular flexibility index (Phi) is 4.83. The lowest BCUT2D eigenvalue weighted by atomic mass is 9.87. The van der Waals surface area contributed by atoms with Gasteiger partial charge in [0.15, 0.2) is 0 Å². The second kappa shape index (κ2) is 7.58. The molecular formula is C22H21N3O2. The maximum atomic E-state index is 12.7. The second-order valence-electron chi connectivity index (χ2n) is 6.82. The number of aryl methyl sites for hydroxylation is 1. The summed E-state index contributed by atoms with van der Waals surface area (Å²) in [6, 6.07) is 20.7. The van der Waals surface area contributed by atoms with Crippen molar-refractivity contribution in [1.82, 2.24) is 15.1 Å². The molecule has 1 aromatic heterocycles. The van der Waals surface area contributed by atoms with Gasteiger partial charge >= 0.3 is 0 Å². The standard InChI is InChI=1S/C22H21N3O2/c26-21-14-13-20(24-25(21)15-16-7-2-1-3-8-16)22(27)23-19-12-6-10-17-9-4-5-11-18(17)19/h1-5,7-9,11,13-14,19H,6,10,12,15H2,(H,23,27)/t19-/m0/s1. The minimum Gasteiger partial charge on any atom is -0.344 e. The van der Waals surface area contributed by atoms with Crippen molar-refractivity contribution in [1.29, 1.82) is 0 Å². The Morgan fingerprint density at radius 3 is 2.67 bits per heavy atom. The van der Waals surface area contributed by atoms with Crippen LogP contribution >= 0.6 is 0 Å². The van der Waals surface area contributed by atoms with Crippen molar-refractivity contribution < 1.29 is 4.79 Å². The molecule has 3 aromatic rings. The lowest BCUT2D eigenvalue weighted by Gasteiger charge is -2.26. The Bertz CT molecular complexity index is 1010. The van der Waals surface area contributed by atoms with E-state index in [1.807, 2.05) is 42.5 Å². The average molecular weight is 359 g/mol. The first-order chi connectivity index (χ1) is 13.2. The Morgan fingerprint density at radius 1 is 1.04 bits per heavy atom. The molecule has 1 N–H and O–H groups in total. The summed E-state index contributed by atoms with van der Waals surface area (Å²) < 4.78 is 1.33. The van der Waals surface area contributed by atoms with Gasteiger partial charge < -0.3 is 5.32 Å². The van der Waals surface area contributed by atoms with Gasteiger partial charge in [0.25, 0.3) is 11.5 Å². The SMILES string of the molecule is O=C(N[C@H]1CCCc2ccccc21)c1ccc(=O)n(Cc2ccccc2)n1. The summed E-state index contributed by atoms with van der Waals surface area (Å²) in [5, 5.41) is 7.37. The van der Waals surface area contributed by atoms with Crippen molar-refractivity contribution in [2.75, 3.05) is 0 Å². The highest BCUT2D eigenvalue weighted by atomic mass is 16.2. The van der Waals surface area contributed by atoms with E-state index >= 15 is 0 Å². The van der Waals surface area contributed by atoms with E-state index in [4.69, 9.17) is 0 Å². The van der Waals surface area contributed by atoms with Crippen molar-refractivity contribution in [3.8, 4) is 0 Å². The molecule has 27 heavy (non-hydrogen) atoms. The molecule has 0 saturated heterocycles. The van der Waals surface area contributed by atoms with Crippen LogP contribution in [0.5, 0.6) is 0 Å². The Labute approximate surface area is 157 Å². The minimum absolute atomic E-state index is 0.0150. The van der Waals surface area contributed by atoms with Crippen molar-refractivity contribution in [2.24, 2.45) is 0 Å². The molecule has 136 valence electrons. The van der Waals surface area contributed by atoms with Crippen LogP contribution in [0.1, 0.15) is 46.1 Å². The van der Waals surface area contributed by atoms with Crippen LogP contribution in [0.15, 0.2) is 71.5 Å². The maximum absolute atomic E-state index is 12.7. The molecule has 1 aliphatic rings. The van der Waals surface area contributed by atoms with Crippen LogP contribution in [0.3, 0.4) is 0 Å². The average Bonchev–Trinajstić information content (AvgIpc) is 2.71. The Hall–Kier alpha value is -3.21. The number of benzene rings is 2. The smallest absolute Gasteiger partial charge is 0.272 e. The highest BCUT2D eigenvalue weighted by Gasteiger charge is 2.22. The summed E-state index contributed by atoms with van der Waals surface area (Å²) in [5.41, 5.74) is 3.46. The largest absolute Gasteiger partial charge is 0.344 e. The van der Waals surface area contributed by atoms with Gasteiger partial charge in [0, 0.05) is 6.07 Å². The highest BCUT2D eigenvalue weighted by molar-refractivity contribution is 5.92. The fraction of sp³-hybridized carbons (Fsp3) is 0.227. The van der Waals surface area contributed by atoms with E-state index in [-0.39, 0.29) is 23.2 Å². The zero-order chi connectivity index (χ0) is 18.6. The van der Waals surface area contributed by atoms with Gasteiger partial charge in [0.05, 0.1) is 12.6 Å². The molecule has 4 rings (SSSR count). The van der Waals surface area contributed by atoms with E-state index in [9.17, 15) is 9.59 Å². The molecule has 1 aliphatic carbocycles. The Balaban J connectivity index is 1.55. The molecule has 1 atom stereocenters. The van der Waals surface area contributed by atoms with Crippen LogP contribution in [-0.4, -0.2) is 15.7 Å². The van der Waals surface area contributed by atoms with Crippen LogP contribution in [0.4, 0.5) is 0 Å². The third-order valence-corrected chi connectivity index (χ3v) is 4.95. The molecule has 0 fully saturated rings. The molecular weight excluding hydrogens is 338 g/mol. The van der Waals surface area contributed by atoms with Gasteiger partial charge in [-0.25, -0.2) is 4.68 Å². The summed E-state index contributed by atoms with van der Waals surface area (Å²) in [5.74, 6) is -0.251. The lowest BCUT2D eigenvalue weighted by Crippen LogP contribution is -2.33. The summed E-state index contributed by atoms with van der Waals surface area (Å²) in [4.78, 5) is 24.9. The van der Waals surface area contributed by atoms with Gasteiger partial charge in [-0.2, -0.15) is 5.10 Å². The summed E-state index contributed by atoms with van der Waals surface area (Å²) in [6.07, 6.45) is 3.00. The van der Waals surface area contributed by atoms with Gasteiger partial charge in [-0.15, -0.1) is 0 Å². The zero-order valence-electron chi connectivity index (χ0n) is 15.0. The molecule has 5 nitrogen and oxygen atoms in total. The third kappa shape index (κ3) is 3.82. The first kappa shape index (κ1) is 17.2. The number of nitrogens with zero attached hydrogens (tertiary/aromatic N) is 2. The first-order valence-corrected chi connectivity index (χ1v) is 9.21. The van der Waals surface area contributed by atoms with E-state index in [2.05, 4.69) is 22.5 Å². The maximum Gasteiger partial charge on any atom is 0.272 e. The predicted octanol–water partition coefficient (Wildman–Crippen LogP) is 3.10. The third-order valence-electron chi connectivity index (χ3n) is 4.95. The van der Waals surface area contributed by atoms with E-state index in [0.29, 0.717) is 6.54 Å². The number of amides is 1. The molecule has 0 radical (unpaired) electrons. The van der Waals surface area contributed by atoms with Gasteiger partial charge in [0.2, 0.25) is 0 Å². The number of nitrogens with one attached hydrogen (secondary N) is 1.